The van der Waals surface area contributed by atoms with Gasteiger partial charge in [0.1, 0.15) is 11.6 Å². The van der Waals surface area contributed by atoms with Crippen molar-refractivity contribution in [1.82, 2.24) is 0 Å². The number of hydrogen-bond donors (Lipinski definition) is 0. The minimum absolute atomic E-state index is 0.184. The predicted octanol–water partition coefficient (Wildman–Crippen LogP) is 6.17. The summed E-state index contributed by atoms with van der Waals surface area (Å²) in [6.45, 7) is 4.18. The maximum atomic E-state index is 14.6. The first kappa shape index (κ1) is 21.1. The van der Waals surface area contributed by atoms with Crippen molar-refractivity contribution in [3.63, 3.8) is 0 Å². The van der Waals surface area contributed by atoms with Crippen LogP contribution < -0.4 is 0 Å². The average molecular weight is 405 g/mol. The molecule has 3 aromatic carbocycles. The molecule has 0 aliphatic heterocycles. The van der Waals surface area contributed by atoms with Gasteiger partial charge in [-0.05, 0) is 52.8 Å². The van der Waals surface area contributed by atoms with E-state index in [0.29, 0.717) is 18.2 Å². The molecule has 0 aliphatic carbocycles. The van der Waals surface area contributed by atoms with E-state index in [-0.39, 0.29) is 22.3 Å². The van der Waals surface area contributed by atoms with Crippen molar-refractivity contribution in [1.29, 1.82) is 0 Å². The Morgan fingerprint density at radius 2 is 1.86 bits per heavy atom. The third-order valence-electron chi connectivity index (χ3n) is 5.36. The van der Waals surface area contributed by atoms with Crippen LogP contribution in [0.25, 0.3) is 10.8 Å². The molecule has 0 N–H and O–H groups in total. The summed E-state index contributed by atoms with van der Waals surface area (Å²) in [7, 11) is 0. The van der Waals surface area contributed by atoms with E-state index in [1.807, 2.05) is 36.6 Å². The smallest absolute Gasteiger partial charge is 0.147 e. The van der Waals surface area contributed by atoms with Crippen LogP contribution in [0.1, 0.15) is 37.0 Å². The summed E-state index contributed by atoms with van der Waals surface area (Å²) in [6, 6.07) is 18.8. The van der Waals surface area contributed by atoms with Gasteiger partial charge >= 0.3 is 0 Å². The molecular formula is C26H25FOS. The fourth-order valence-corrected chi connectivity index (χ4v) is 4.38. The minimum Gasteiger partial charge on any atom is -0.298 e. The van der Waals surface area contributed by atoms with Crippen LogP contribution >= 0.6 is 11.8 Å². The summed E-state index contributed by atoms with van der Waals surface area (Å²) in [5.41, 5.74) is 2.43. The van der Waals surface area contributed by atoms with Gasteiger partial charge < -0.3 is 0 Å². The Morgan fingerprint density at radius 1 is 1.14 bits per heavy atom. The highest BCUT2D eigenvalue weighted by Crippen LogP contribution is 2.30. The lowest BCUT2D eigenvalue weighted by molar-refractivity contribution is -0.119. The lowest BCUT2D eigenvalue weighted by Gasteiger charge is -2.26. The molecular weight excluding hydrogens is 379 g/mol. The predicted molar refractivity (Wildman–Crippen MR) is 122 cm³/mol. The molecule has 1 nitrogen and oxygen atoms in total. The minimum atomic E-state index is -0.280. The van der Waals surface area contributed by atoms with Gasteiger partial charge in [-0.25, -0.2) is 4.39 Å². The Kier molecular flexibility index (Phi) is 6.45. The van der Waals surface area contributed by atoms with Crippen LogP contribution in [0.15, 0.2) is 60.7 Å². The lowest BCUT2D eigenvalue weighted by Crippen LogP contribution is -2.28. The average Bonchev–Trinajstić information content (AvgIpc) is 2.71. The Morgan fingerprint density at radius 3 is 2.52 bits per heavy atom. The molecule has 3 heteroatoms. The SMILES string of the molecule is C#Cc1ccc2c(F)cc(CC(SC)C(=O)CC(C)(C)c3ccccc3)cc2c1. The number of thioether (sulfide) groups is 1. The highest BCUT2D eigenvalue weighted by Gasteiger charge is 2.28. The van der Waals surface area contributed by atoms with Crippen molar-refractivity contribution in [3.05, 3.63) is 83.2 Å². The fourth-order valence-electron chi connectivity index (χ4n) is 3.67. The van der Waals surface area contributed by atoms with Crippen LogP contribution in [-0.2, 0) is 16.6 Å². The number of ketones is 1. The zero-order chi connectivity index (χ0) is 21.0. The lowest BCUT2D eigenvalue weighted by atomic mass is 9.79. The normalized spacial score (nSPS) is 12.5. The maximum absolute atomic E-state index is 14.6. The number of fused-ring (bicyclic) bond motifs is 1. The number of terminal acetylenes is 1. The molecule has 0 aromatic heterocycles. The topological polar surface area (TPSA) is 17.1 Å². The summed E-state index contributed by atoms with van der Waals surface area (Å²) in [5.74, 6) is 2.49. The summed E-state index contributed by atoms with van der Waals surface area (Å²) >= 11 is 1.52. The van der Waals surface area contributed by atoms with E-state index in [4.69, 9.17) is 6.42 Å². The van der Waals surface area contributed by atoms with Gasteiger partial charge in [-0.1, -0.05) is 62.2 Å². The first-order valence-electron chi connectivity index (χ1n) is 9.64. The van der Waals surface area contributed by atoms with Crippen LogP contribution in [0, 0.1) is 18.2 Å². The highest BCUT2D eigenvalue weighted by molar-refractivity contribution is 7.99. The molecule has 3 aromatic rings. The molecule has 0 heterocycles. The van der Waals surface area contributed by atoms with Crippen LogP contribution in [0.5, 0.6) is 0 Å². The van der Waals surface area contributed by atoms with Gasteiger partial charge in [-0.15, -0.1) is 6.42 Å². The third kappa shape index (κ3) is 4.89. The summed E-state index contributed by atoms with van der Waals surface area (Å²) < 4.78 is 14.6. The largest absolute Gasteiger partial charge is 0.298 e. The molecule has 3 rings (SSSR count). The molecule has 0 spiro atoms. The van der Waals surface area contributed by atoms with Crippen molar-refractivity contribution in [2.24, 2.45) is 0 Å². The van der Waals surface area contributed by atoms with Crippen molar-refractivity contribution in [2.75, 3.05) is 6.26 Å². The number of rotatable bonds is 7. The molecule has 1 atom stereocenters. The molecule has 0 radical (unpaired) electrons. The van der Waals surface area contributed by atoms with Gasteiger partial charge in [0.25, 0.3) is 0 Å². The number of halogens is 1. The van der Waals surface area contributed by atoms with E-state index in [2.05, 4.69) is 31.9 Å². The molecule has 0 saturated carbocycles. The standard InChI is InChI=1S/C26H25FOS/c1-5-18-11-12-22-20(13-18)14-19(15-23(22)27)16-25(29-4)24(28)17-26(2,3)21-9-7-6-8-10-21/h1,6-15,25H,16-17H2,2-4H3. The van der Waals surface area contributed by atoms with E-state index < -0.39 is 0 Å². The monoisotopic (exact) mass is 404 g/mol. The van der Waals surface area contributed by atoms with Gasteiger partial charge in [0.2, 0.25) is 0 Å². The third-order valence-corrected chi connectivity index (χ3v) is 6.36. The molecule has 29 heavy (non-hydrogen) atoms. The van der Waals surface area contributed by atoms with E-state index in [9.17, 15) is 9.18 Å². The second-order valence-electron chi connectivity index (χ2n) is 7.98. The molecule has 0 saturated heterocycles. The maximum Gasteiger partial charge on any atom is 0.147 e. The Balaban J connectivity index is 1.82. The van der Waals surface area contributed by atoms with E-state index in [0.717, 1.165) is 22.1 Å². The molecule has 1 unspecified atom stereocenters. The molecule has 0 aliphatic rings. The Labute approximate surface area is 176 Å². The fraction of sp³-hybridized carbons (Fsp3) is 0.269. The second kappa shape index (κ2) is 8.84. The zero-order valence-electron chi connectivity index (χ0n) is 17.0. The van der Waals surface area contributed by atoms with Gasteiger partial charge in [-0.3, -0.25) is 4.79 Å². The van der Waals surface area contributed by atoms with Crippen molar-refractivity contribution >= 4 is 28.3 Å². The number of Topliss-reactive ketones (excluding diaryl/α,β-unsaturated/α-hetero) is 1. The first-order valence-corrected chi connectivity index (χ1v) is 10.9. The Bertz CT molecular complexity index is 1060. The quantitative estimate of drug-likeness (QED) is 0.438. The van der Waals surface area contributed by atoms with Crippen molar-refractivity contribution in [3.8, 4) is 12.3 Å². The highest BCUT2D eigenvalue weighted by atomic mass is 32.2. The van der Waals surface area contributed by atoms with Crippen LogP contribution in [0.4, 0.5) is 4.39 Å². The summed E-state index contributed by atoms with van der Waals surface area (Å²) in [5, 5.41) is 1.10. The molecule has 148 valence electrons. The van der Waals surface area contributed by atoms with E-state index in [1.165, 1.54) is 17.8 Å². The summed E-state index contributed by atoms with van der Waals surface area (Å²) in [4.78, 5) is 13.1. The van der Waals surface area contributed by atoms with Crippen LogP contribution in [-0.4, -0.2) is 17.3 Å². The number of benzene rings is 3. The first-order chi connectivity index (χ1) is 13.8. The van der Waals surface area contributed by atoms with Crippen molar-refractivity contribution in [2.45, 2.75) is 37.4 Å². The van der Waals surface area contributed by atoms with E-state index >= 15 is 0 Å². The molecule has 0 fully saturated rings. The molecule has 0 amide bonds. The van der Waals surface area contributed by atoms with Gasteiger partial charge in [0.05, 0.1) is 5.25 Å². The van der Waals surface area contributed by atoms with Crippen molar-refractivity contribution < 1.29 is 9.18 Å². The van der Waals surface area contributed by atoms with Gasteiger partial charge in [-0.2, -0.15) is 11.8 Å². The Hall–Kier alpha value is -2.57. The van der Waals surface area contributed by atoms with Crippen LogP contribution in [0.2, 0.25) is 0 Å². The number of hydrogen-bond acceptors (Lipinski definition) is 2. The van der Waals surface area contributed by atoms with Crippen LogP contribution in [0.3, 0.4) is 0 Å². The number of carbonyl (C=O) groups is 1. The second-order valence-corrected chi connectivity index (χ2v) is 9.02. The van der Waals surface area contributed by atoms with E-state index in [1.54, 1.807) is 12.1 Å². The van der Waals surface area contributed by atoms with Gasteiger partial charge in [0, 0.05) is 17.4 Å². The molecule has 0 bridgehead atoms. The summed E-state index contributed by atoms with van der Waals surface area (Å²) in [6.07, 6.45) is 8.35. The number of carbonyl (C=O) groups excluding carboxylic acids is 1. The van der Waals surface area contributed by atoms with Gasteiger partial charge in [0.15, 0.2) is 0 Å². The zero-order valence-corrected chi connectivity index (χ0v) is 17.9.